The molecule has 528 valence electrons. The molecule has 4 unspecified atom stereocenters. The number of aliphatic hydroxyl groups is 1. The molecule has 3 N–H and O–H groups in total. The molecule has 19 heteroatoms. The molecule has 0 radical (unpaired) electrons. The number of ether oxygens (including phenoxy) is 4. The zero-order valence-electron chi connectivity index (χ0n) is 58.1. The number of unbranched alkanes of at least 4 members (excludes halogenated alkanes) is 32. The number of rotatable bonds is 67. The molecule has 6 atom stereocenters. The third-order valence-electron chi connectivity index (χ3n) is 16.4. The Kier molecular flexibility index (Phi) is 58.5. The average molecular weight is 1310 g/mol. The average Bonchev–Trinajstić information content (AvgIpc) is 3.70. The highest BCUT2D eigenvalue weighted by atomic mass is 31.2. The monoisotopic (exact) mass is 1310 g/mol. The van der Waals surface area contributed by atoms with Crippen LogP contribution in [0.5, 0.6) is 0 Å². The van der Waals surface area contributed by atoms with E-state index >= 15 is 0 Å². The number of carbonyl (C=O) groups is 4. The van der Waals surface area contributed by atoms with Gasteiger partial charge in [-0.05, 0) is 49.4 Å². The first-order chi connectivity index (χ1) is 42.6. The Bertz CT molecular complexity index is 1770. The lowest BCUT2D eigenvalue weighted by Gasteiger charge is -2.21. The van der Waals surface area contributed by atoms with E-state index in [0.29, 0.717) is 25.7 Å². The number of phosphoric ester groups is 2. The fourth-order valence-electron chi connectivity index (χ4n) is 10.5. The SMILES string of the molecule is CCC(C)CCCCCCCCCCC(=O)OC[C@H](COP(=O)(O)OCC(O)COP(=O)(O)OC[C@@H](COC(=O)CCCCCCCCCCC(C)C)OC(=O)CCCCCCCCCCCC(C)C)OC(=O)CCCCCCCCCCCCCC(C)C. The van der Waals surface area contributed by atoms with Crippen molar-refractivity contribution in [2.24, 2.45) is 23.7 Å². The van der Waals surface area contributed by atoms with Gasteiger partial charge in [0.1, 0.15) is 19.3 Å². The fraction of sp³-hybridized carbons (Fsp3) is 0.943. The zero-order valence-corrected chi connectivity index (χ0v) is 59.8. The van der Waals surface area contributed by atoms with Gasteiger partial charge in [0.05, 0.1) is 26.4 Å². The molecule has 0 saturated heterocycles. The summed E-state index contributed by atoms with van der Waals surface area (Å²) in [5.74, 6) is 0.876. The van der Waals surface area contributed by atoms with Crippen LogP contribution in [-0.2, 0) is 65.4 Å². The summed E-state index contributed by atoms with van der Waals surface area (Å²) in [6, 6.07) is 0. The predicted molar refractivity (Wildman–Crippen MR) is 358 cm³/mol. The maximum Gasteiger partial charge on any atom is 0.472 e. The second-order valence-electron chi connectivity index (χ2n) is 26.9. The number of aliphatic hydroxyl groups excluding tert-OH is 1. The minimum absolute atomic E-state index is 0.104. The van der Waals surface area contributed by atoms with Gasteiger partial charge in [0, 0.05) is 25.7 Å². The summed E-state index contributed by atoms with van der Waals surface area (Å²) in [7, 11) is -9.90. The van der Waals surface area contributed by atoms with Gasteiger partial charge in [-0.25, -0.2) is 9.13 Å². The molecule has 0 aliphatic heterocycles. The number of esters is 4. The van der Waals surface area contributed by atoms with Crippen molar-refractivity contribution in [3.8, 4) is 0 Å². The highest BCUT2D eigenvalue weighted by Gasteiger charge is 2.30. The third kappa shape index (κ3) is 63.2. The Balaban J connectivity index is 5.27. The summed E-state index contributed by atoms with van der Waals surface area (Å²) >= 11 is 0. The molecule has 0 aromatic heterocycles. The normalized spacial score (nSPS) is 14.6. The smallest absolute Gasteiger partial charge is 0.462 e. The molecule has 17 nitrogen and oxygen atoms in total. The summed E-state index contributed by atoms with van der Waals surface area (Å²) < 4.78 is 68.3. The van der Waals surface area contributed by atoms with Crippen LogP contribution in [0, 0.1) is 23.7 Å². The number of hydrogen-bond donors (Lipinski definition) is 3. The Hall–Kier alpha value is -1.94. The lowest BCUT2D eigenvalue weighted by molar-refractivity contribution is -0.161. The van der Waals surface area contributed by atoms with E-state index in [1.807, 2.05) is 0 Å². The van der Waals surface area contributed by atoms with E-state index < -0.39 is 97.5 Å². The standard InChI is InChI=1S/C70H136O17P2/c1-9-63(8)49-41-33-25-19-21-27-35-43-51-68(73)81-57-65(86-69(74)52-44-36-28-16-12-10-11-14-22-30-38-46-60(2)3)58-84-88(76,77)82-54-64(71)55-83-89(78,79)85-59-66(56-80-67(72)50-42-34-26-20-18-24-32-40-48-62(6)7)87-70(75)53-45-37-29-17-13-15-23-31-39-47-61(4)5/h60-66,71H,9-59H2,1-8H3,(H,76,77)(H,78,79)/t63?,64?,65-,66-/m1/s1. The lowest BCUT2D eigenvalue weighted by atomic mass is 9.99. The molecule has 0 aliphatic rings. The highest BCUT2D eigenvalue weighted by molar-refractivity contribution is 7.47. The van der Waals surface area contributed by atoms with Gasteiger partial charge >= 0.3 is 39.5 Å². The molecule has 0 aromatic carbocycles. The summed E-state index contributed by atoms with van der Waals surface area (Å²) in [6.45, 7) is 14.1. The van der Waals surface area contributed by atoms with Gasteiger partial charge in [0.25, 0.3) is 0 Å². The van der Waals surface area contributed by atoms with Crippen LogP contribution < -0.4 is 0 Å². The van der Waals surface area contributed by atoms with Gasteiger partial charge < -0.3 is 33.8 Å². The van der Waals surface area contributed by atoms with E-state index in [9.17, 15) is 43.2 Å². The molecule has 0 spiro atoms. The molecule has 0 fully saturated rings. The highest BCUT2D eigenvalue weighted by Crippen LogP contribution is 2.45. The summed E-state index contributed by atoms with van der Waals surface area (Å²) in [5, 5.41) is 10.6. The Morgan fingerprint density at radius 2 is 0.539 bits per heavy atom. The van der Waals surface area contributed by atoms with E-state index in [0.717, 1.165) is 114 Å². The molecule has 0 saturated carbocycles. The molecule has 0 rings (SSSR count). The van der Waals surface area contributed by atoms with Crippen molar-refractivity contribution in [2.45, 2.75) is 363 Å². The quantitative estimate of drug-likeness (QED) is 0.0222. The maximum absolute atomic E-state index is 13.0. The molecular weight excluding hydrogens is 1170 g/mol. The minimum atomic E-state index is -4.95. The zero-order chi connectivity index (χ0) is 66.1. The third-order valence-corrected chi connectivity index (χ3v) is 18.3. The van der Waals surface area contributed by atoms with Gasteiger partial charge in [-0.15, -0.1) is 0 Å². The van der Waals surface area contributed by atoms with Crippen LogP contribution in [-0.4, -0.2) is 96.7 Å². The van der Waals surface area contributed by atoms with E-state index in [2.05, 4.69) is 55.4 Å². The predicted octanol–water partition coefficient (Wildman–Crippen LogP) is 19.7. The second kappa shape index (κ2) is 59.8. The minimum Gasteiger partial charge on any atom is -0.462 e. The van der Waals surface area contributed by atoms with Crippen molar-refractivity contribution in [2.75, 3.05) is 39.6 Å². The van der Waals surface area contributed by atoms with Gasteiger partial charge in [-0.2, -0.15) is 0 Å². The van der Waals surface area contributed by atoms with Crippen LogP contribution in [0.2, 0.25) is 0 Å². The van der Waals surface area contributed by atoms with Crippen LogP contribution in [0.4, 0.5) is 0 Å². The molecule has 0 bridgehead atoms. The summed E-state index contributed by atoms with van der Waals surface area (Å²) in [5.41, 5.74) is 0. The van der Waals surface area contributed by atoms with Crippen LogP contribution >= 0.6 is 15.6 Å². The summed E-state index contributed by atoms with van der Waals surface area (Å²) in [6.07, 6.45) is 41.6. The first-order valence-electron chi connectivity index (χ1n) is 36.2. The number of carbonyl (C=O) groups excluding carboxylic acids is 4. The first kappa shape index (κ1) is 87.1. The fourth-order valence-corrected chi connectivity index (χ4v) is 12.0. The van der Waals surface area contributed by atoms with Crippen molar-refractivity contribution in [1.82, 2.24) is 0 Å². The number of phosphoric acid groups is 2. The molecule has 89 heavy (non-hydrogen) atoms. The van der Waals surface area contributed by atoms with Crippen molar-refractivity contribution >= 4 is 39.5 Å². The topological polar surface area (TPSA) is 237 Å². The molecule has 0 heterocycles. The first-order valence-corrected chi connectivity index (χ1v) is 39.2. The van der Waals surface area contributed by atoms with Gasteiger partial charge in [-0.3, -0.25) is 37.3 Å². The lowest BCUT2D eigenvalue weighted by Crippen LogP contribution is -2.30. The van der Waals surface area contributed by atoms with Gasteiger partial charge in [0.2, 0.25) is 0 Å². The Labute approximate surface area is 543 Å². The van der Waals surface area contributed by atoms with E-state index in [1.54, 1.807) is 0 Å². The van der Waals surface area contributed by atoms with Gasteiger partial charge in [-0.1, -0.05) is 293 Å². The number of hydrogen-bond acceptors (Lipinski definition) is 15. The molecule has 0 amide bonds. The van der Waals surface area contributed by atoms with E-state index in [4.69, 9.17) is 37.0 Å². The molecular formula is C70H136O17P2. The maximum atomic E-state index is 13.0. The van der Waals surface area contributed by atoms with E-state index in [-0.39, 0.29) is 25.7 Å². The molecule has 0 aromatic rings. The van der Waals surface area contributed by atoms with Crippen molar-refractivity contribution in [3.05, 3.63) is 0 Å². The van der Waals surface area contributed by atoms with E-state index in [1.165, 1.54) is 148 Å². The van der Waals surface area contributed by atoms with Crippen LogP contribution in [0.1, 0.15) is 344 Å². The molecule has 0 aliphatic carbocycles. The van der Waals surface area contributed by atoms with Crippen LogP contribution in [0.15, 0.2) is 0 Å². The van der Waals surface area contributed by atoms with Gasteiger partial charge in [0.15, 0.2) is 12.2 Å². The van der Waals surface area contributed by atoms with Crippen molar-refractivity contribution in [1.29, 1.82) is 0 Å². The van der Waals surface area contributed by atoms with Crippen molar-refractivity contribution < 1.29 is 80.2 Å². The second-order valence-corrected chi connectivity index (χ2v) is 29.8. The Morgan fingerprint density at radius 1 is 0.315 bits per heavy atom. The summed E-state index contributed by atoms with van der Waals surface area (Å²) in [4.78, 5) is 72.6. The Morgan fingerprint density at radius 3 is 0.798 bits per heavy atom. The van der Waals surface area contributed by atoms with Crippen LogP contribution in [0.3, 0.4) is 0 Å². The largest absolute Gasteiger partial charge is 0.472 e. The van der Waals surface area contributed by atoms with Crippen LogP contribution in [0.25, 0.3) is 0 Å². The van der Waals surface area contributed by atoms with Crippen molar-refractivity contribution in [3.63, 3.8) is 0 Å².